The van der Waals surface area contributed by atoms with Gasteiger partial charge in [-0.2, -0.15) is 0 Å². The van der Waals surface area contributed by atoms with Crippen LogP contribution in [0.5, 0.6) is 5.75 Å². The summed E-state index contributed by atoms with van der Waals surface area (Å²) < 4.78 is 5.75. The molecule has 0 saturated carbocycles. The second-order valence-electron chi connectivity index (χ2n) is 8.14. The molecule has 6 heteroatoms. The summed E-state index contributed by atoms with van der Waals surface area (Å²) in [6.45, 7) is 10.7. The number of hydrogen-bond donors (Lipinski definition) is 2. The van der Waals surface area contributed by atoms with E-state index in [1.807, 2.05) is 12.1 Å². The van der Waals surface area contributed by atoms with E-state index < -0.39 is 0 Å². The van der Waals surface area contributed by atoms with Crippen molar-refractivity contribution < 1.29 is 9.53 Å². The first-order chi connectivity index (χ1) is 14.0. The number of carbonyl (C=O) groups excluding carboxylic acids is 1. The van der Waals surface area contributed by atoms with E-state index in [0.29, 0.717) is 18.3 Å². The number of guanidine groups is 1. The van der Waals surface area contributed by atoms with Crippen molar-refractivity contribution in [2.45, 2.75) is 46.5 Å². The highest BCUT2D eigenvalue weighted by molar-refractivity contribution is 5.80. The zero-order chi connectivity index (χ0) is 21.1. The highest BCUT2D eigenvalue weighted by atomic mass is 16.5. The van der Waals surface area contributed by atoms with E-state index in [1.165, 1.54) is 5.56 Å². The zero-order valence-electron chi connectivity index (χ0n) is 18.5. The Morgan fingerprint density at radius 1 is 1.24 bits per heavy atom. The van der Waals surface area contributed by atoms with Crippen molar-refractivity contribution in [3.8, 4) is 5.75 Å². The predicted molar refractivity (Wildman–Crippen MR) is 119 cm³/mol. The zero-order valence-corrected chi connectivity index (χ0v) is 18.5. The molecule has 6 nitrogen and oxygen atoms in total. The number of benzene rings is 1. The minimum Gasteiger partial charge on any atom is -0.493 e. The topological polar surface area (TPSA) is 66.0 Å². The molecule has 0 aliphatic carbocycles. The van der Waals surface area contributed by atoms with Crippen molar-refractivity contribution in [1.29, 1.82) is 0 Å². The fourth-order valence-corrected chi connectivity index (χ4v) is 3.45. The Labute approximate surface area is 176 Å². The summed E-state index contributed by atoms with van der Waals surface area (Å²) in [5, 5.41) is 6.15. The second kappa shape index (κ2) is 12.3. The molecule has 1 amide bonds. The molecule has 1 aromatic carbocycles. The molecule has 29 heavy (non-hydrogen) atoms. The molecule has 1 fully saturated rings. The van der Waals surface area contributed by atoms with Gasteiger partial charge in [-0.1, -0.05) is 26.0 Å². The van der Waals surface area contributed by atoms with E-state index in [1.54, 1.807) is 7.05 Å². The second-order valence-corrected chi connectivity index (χ2v) is 8.14. The predicted octanol–water partition coefficient (Wildman–Crippen LogP) is 3.08. The molecule has 1 aliphatic rings. The molecule has 0 atom stereocenters. The lowest BCUT2D eigenvalue weighted by Gasteiger charge is -2.34. The van der Waals surface area contributed by atoms with Gasteiger partial charge in [0.15, 0.2) is 5.96 Å². The van der Waals surface area contributed by atoms with E-state index in [4.69, 9.17) is 9.73 Å². The smallest absolute Gasteiger partial charge is 0.220 e. The summed E-state index contributed by atoms with van der Waals surface area (Å²) in [4.78, 5) is 18.8. The first-order valence-electron chi connectivity index (χ1n) is 11.0. The molecule has 0 radical (unpaired) electrons. The molecule has 1 heterocycles. The van der Waals surface area contributed by atoms with Crippen LogP contribution in [0.1, 0.15) is 45.6 Å². The van der Waals surface area contributed by atoms with Crippen LogP contribution >= 0.6 is 0 Å². The van der Waals surface area contributed by atoms with Gasteiger partial charge in [-0.15, -0.1) is 0 Å². The Balaban J connectivity index is 1.82. The molecule has 0 unspecified atom stereocenters. The van der Waals surface area contributed by atoms with Crippen LogP contribution in [0, 0.1) is 11.8 Å². The molecular formula is C23H38N4O2. The van der Waals surface area contributed by atoms with Gasteiger partial charge >= 0.3 is 0 Å². The molecule has 2 rings (SSSR count). The lowest BCUT2D eigenvalue weighted by Crippen LogP contribution is -2.46. The van der Waals surface area contributed by atoms with Gasteiger partial charge in [0, 0.05) is 39.6 Å². The van der Waals surface area contributed by atoms with Crippen molar-refractivity contribution >= 4 is 11.9 Å². The lowest BCUT2D eigenvalue weighted by atomic mass is 9.93. The monoisotopic (exact) mass is 402 g/mol. The third-order valence-corrected chi connectivity index (χ3v) is 5.17. The van der Waals surface area contributed by atoms with Crippen molar-refractivity contribution in [2.75, 3.05) is 39.8 Å². The lowest BCUT2D eigenvalue weighted by molar-refractivity contribution is -0.121. The van der Waals surface area contributed by atoms with Crippen molar-refractivity contribution in [1.82, 2.24) is 15.5 Å². The van der Waals surface area contributed by atoms with Crippen LogP contribution < -0.4 is 15.4 Å². The fourth-order valence-electron chi connectivity index (χ4n) is 3.45. The summed E-state index contributed by atoms with van der Waals surface area (Å²) in [6, 6.07) is 8.35. The van der Waals surface area contributed by atoms with Gasteiger partial charge in [0.05, 0.1) is 6.61 Å². The van der Waals surface area contributed by atoms with Gasteiger partial charge in [0.1, 0.15) is 5.75 Å². The highest BCUT2D eigenvalue weighted by Crippen LogP contribution is 2.20. The molecule has 0 aromatic heterocycles. The van der Waals surface area contributed by atoms with E-state index in [-0.39, 0.29) is 5.91 Å². The number of likely N-dealkylation sites (tertiary alicyclic amines) is 1. The molecule has 0 spiro atoms. The van der Waals surface area contributed by atoms with Crippen LogP contribution in [0.4, 0.5) is 0 Å². The van der Waals surface area contributed by atoms with Crippen molar-refractivity contribution in [3.05, 3.63) is 29.8 Å². The standard InChI is InChI=1S/C23H38N4O2/c1-5-25-23(27-14-11-20(12-15-27)16-22(28)24-4)26-13-10-19-6-8-21(9-7-19)29-17-18(2)3/h6-9,18,20H,5,10-17H2,1-4H3,(H,24,28)(H,25,26). The van der Waals surface area contributed by atoms with Gasteiger partial charge in [-0.05, 0) is 55.7 Å². The molecule has 2 N–H and O–H groups in total. The molecule has 1 saturated heterocycles. The third kappa shape index (κ3) is 8.34. The molecule has 1 aliphatic heterocycles. The fraction of sp³-hybridized carbons (Fsp3) is 0.652. The van der Waals surface area contributed by atoms with Crippen LogP contribution in [0.25, 0.3) is 0 Å². The maximum absolute atomic E-state index is 11.6. The number of carbonyl (C=O) groups is 1. The average molecular weight is 403 g/mol. The number of amides is 1. The normalized spacial score (nSPS) is 15.5. The molecule has 162 valence electrons. The maximum Gasteiger partial charge on any atom is 0.220 e. The average Bonchev–Trinajstić information content (AvgIpc) is 2.73. The Kier molecular flexibility index (Phi) is 9.81. The molecule has 1 aromatic rings. The number of piperidine rings is 1. The summed E-state index contributed by atoms with van der Waals surface area (Å²) in [5.74, 6) is 3.07. The first kappa shape index (κ1) is 23.0. The quantitative estimate of drug-likeness (QED) is 0.492. The largest absolute Gasteiger partial charge is 0.493 e. The number of hydrogen-bond acceptors (Lipinski definition) is 3. The van der Waals surface area contributed by atoms with Crippen LogP contribution in [0.2, 0.25) is 0 Å². The SMILES string of the molecule is CCNC(=NCCc1ccc(OCC(C)C)cc1)N1CCC(CC(=O)NC)CC1. The Bertz CT molecular complexity index is 635. The van der Waals surface area contributed by atoms with E-state index in [9.17, 15) is 4.79 Å². The van der Waals surface area contributed by atoms with E-state index >= 15 is 0 Å². The maximum atomic E-state index is 11.6. The molecule has 0 bridgehead atoms. The summed E-state index contributed by atoms with van der Waals surface area (Å²) in [5.41, 5.74) is 1.27. The van der Waals surface area contributed by atoms with Crippen LogP contribution in [-0.4, -0.2) is 56.6 Å². The van der Waals surface area contributed by atoms with Crippen molar-refractivity contribution in [3.63, 3.8) is 0 Å². The summed E-state index contributed by atoms with van der Waals surface area (Å²) >= 11 is 0. The Morgan fingerprint density at radius 3 is 2.52 bits per heavy atom. The van der Waals surface area contributed by atoms with Gasteiger partial charge in [-0.3, -0.25) is 9.79 Å². The van der Waals surface area contributed by atoms with Crippen LogP contribution in [0.15, 0.2) is 29.3 Å². The van der Waals surface area contributed by atoms with Gasteiger partial charge in [0.25, 0.3) is 0 Å². The molecular weight excluding hydrogens is 364 g/mol. The Hall–Kier alpha value is -2.24. The number of nitrogens with zero attached hydrogens (tertiary/aromatic N) is 2. The van der Waals surface area contributed by atoms with Gasteiger partial charge in [-0.25, -0.2) is 0 Å². The van der Waals surface area contributed by atoms with Gasteiger partial charge < -0.3 is 20.3 Å². The van der Waals surface area contributed by atoms with Crippen molar-refractivity contribution in [2.24, 2.45) is 16.8 Å². The number of ether oxygens (including phenoxy) is 1. The van der Waals surface area contributed by atoms with E-state index in [2.05, 4.69) is 48.4 Å². The van der Waals surface area contributed by atoms with Gasteiger partial charge in [0.2, 0.25) is 5.91 Å². The third-order valence-electron chi connectivity index (χ3n) is 5.17. The Morgan fingerprint density at radius 2 is 1.93 bits per heavy atom. The highest BCUT2D eigenvalue weighted by Gasteiger charge is 2.22. The summed E-state index contributed by atoms with van der Waals surface area (Å²) in [6.07, 6.45) is 3.62. The number of aliphatic imine (C=N–C) groups is 1. The minimum absolute atomic E-state index is 0.143. The number of rotatable bonds is 9. The minimum atomic E-state index is 0.143. The van der Waals surface area contributed by atoms with Crippen LogP contribution in [-0.2, 0) is 11.2 Å². The number of nitrogens with one attached hydrogen (secondary N) is 2. The summed E-state index contributed by atoms with van der Waals surface area (Å²) in [7, 11) is 1.71. The first-order valence-corrected chi connectivity index (χ1v) is 11.0. The van der Waals surface area contributed by atoms with Crippen LogP contribution in [0.3, 0.4) is 0 Å². The van der Waals surface area contributed by atoms with E-state index in [0.717, 1.165) is 63.8 Å².